The number of alkyl carbamates (subject to hydrolysis) is 1. The molecule has 7 nitrogen and oxygen atoms in total. The summed E-state index contributed by atoms with van der Waals surface area (Å²) in [5.74, 6) is -0.132. The van der Waals surface area contributed by atoms with Gasteiger partial charge in [-0.15, -0.1) is 0 Å². The predicted molar refractivity (Wildman–Crippen MR) is 112 cm³/mol. The van der Waals surface area contributed by atoms with Gasteiger partial charge in [-0.3, -0.25) is 0 Å². The maximum atomic E-state index is 14.7. The highest BCUT2D eigenvalue weighted by molar-refractivity contribution is 9.10. The molecular formula is C21H25BrF3N3O4. The minimum atomic E-state index is -2.73. The van der Waals surface area contributed by atoms with E-state index < -0.39 is 29.5 Å². The molecule has 1 amide bonds. The maximum absolute atomic E-state index is 14.7. The first kappa shape index (κ1) is 27.4. The van der Waals surface area contributed by atoms with Crippen LogP contribution in [0.5, 0.6) is 0 Å². The first-order valence-corrected chi connectivity index (χ1v) is 10.4. The summed E-state index contributed by atoms with van der Waals surface area (Å²) in [7, 11) is 0. The van der Waals surface area contributed by atoms with Crippen molar-refractivity contribution in [2.75, 3.05) is 0 Å². The summed E-state index contributed by atoms with van der Waals surface area (Å²) in [6.45, 7) is 8.52. The number of hydrogen-bond donors (Lipinski definition) is 1. The SMILES string of the molecule is CCc1nc(C(F)F)cn1CC(C)(NC(=O)OC(C)(C)C)c1cc(Br)ccc1F.O=C=O. The summed E-state index contributed by atoms with van der Waals surface area (Å²) in [4.78, 5) is 32.7. The second kappa shape index (κ2) is 11.3. The maximum Gasteiger partial charge on any atom is 0.408 e. The molecule has 1 atom stereocenters. The number of hydrogen-bond acceptors (Lipinski definition) is 5. The number of aromatic nitrogens is 2. The first-order valence-electron chi connectivity index (χ1n) is 9.56. The number of rotatable bonds is 6. The number of aryl methyl sites for hydroxylation is 1. The van der Waals surface area contributed by atoms with E-state index in [2.05, 4.69) is 26.2 Å². The highest BCUT2D eigenvalue weighted by Gasteiger charge is 2.35. The fraction of sp³-hybridized carbons (Fsp3) is 0.476. The van der Waals surface area contributed by atoms with Crippen LogP contribution in [0.25, 0.3) is 0 Å². The third-order valence-electron chi connectivity index (χ3n) is 4.20. The normalized spacial score (nSPS) is 12.9. The molecule has 0 saturated carbocycles. The number of benzene rings is 1. The number of alkyl halides is 2. The van der Waals surface area contributed by atoms with Gasteiger partial charge in [0.1, 0.15) is 22.9 Å². The number of amides is 1. The van der Waals surface area contributed by atoms with E-state index in [4.69, 9.17) is 14.3 Å². The average molecular weight is 520 g/mol. The molecule has 0 bridgehead atoms. The quantitative estimate of drug-likeness (QED) is 0.570. The molecule has 0 aliphatic heterocycles. The van der Waals surface area contributed by atoms with Gasteiger partial charge in [-0.05, 0) is 45.9 Å². The van der Waals surface area contributed by atoms with Crippen molar-refractivity contribution < 1.29 is 32.3 Å². The van der Waals surface area contributed by atoms with Crippen LogP contribution in [-0.2, 0) is 32.8 Å². The van der Waals surface area contributed by atoms with E-state index in [0.29, 0.717) is 16.7 Å². The second-order valence-electron chi connectivity index (χ2n) is 8.03. The lowest BCUT2D eigenvalue weighted by molar-refractivity contribution is -0.191. The molecule has 2 aromatic rings. The molecule has 1 unspecified atom stereocenters. The van der Waals surface area contributed by atoms with Crippen LogP contribution in [0.2, 0.25) is 0 Å². The lowest BCUT2D eigenvalue weighted by atomic mass is 9.91. The Kier molecular flexibility index (Phi) is 9.66. The van der Waals surface area contributed by atoms with Crippen LogP contribution in [0, 0.1) is 5.82 Å². The summed E-state index contributed by atoms with van der Waals surface area (Å²) in [5, 5.41) is 2.71. The fourth-order valence-corrected chi connectivity index (χ4v) is 3.34. The van der Waals surface area contributed by atoms with Crippen molar-refractivity contribution in [3.63, 3.8) is 0 Å². The Morgan fingerprint density at radius 1 is 1.28 bits per heavy atom. The Morgan fingerprint density at radius 2 is 1.88 bits per heavy atom. The number of nitrogens with zero attached hydrogens (tertiary/aromatic N) is 2. The van der Waals surface area contributed by atoms with Gasteiger partial charge >= 0.3 is 12.2 Å². The van der Waals surface area contributed by atoms with Crippen LogP contribution >= 0.6 is 15.9 Å². The Bertz CT molecular complexity index is 970. The zero-order chi connectivity index (χ0) is 24.7. The minimum Gasteiger partial charge on any atom is -0.444 e. The molecule has 0 fully saturated rings. The second-order valence-corrected chi connectivity index (χ2v) is 8.95. The van der Waals surface area contributed by atoms with E-state index in [1.165, 1.54) is 22.9 Å². The standard InChI is InChI=1S/C20H25BrF3N3O2.CO2/c1-6-16-25-15(17(23)24)10-27(16)11-20(5,26-18(28)29-19(2,3)4)13-9-12(21)7-8-14(13)22;2-1-3/h7-10,17H,6,11H2,1-5H3,(H,26,28);. The van der Waals surface area contributed by atoms with Gasteiger partial charge in [0.05, 0.1) is 12.1 Å². The van der Waals surface area contributed by atoms with Crippen LogP contribution in [0.3, 0.4) is 0 Å². The molecule has 1 aromatic carbocycles. The van der Waals surface area contributed by atoms with Gasteiger partial charge in [0.2, 0.25) is 0 Å². The topological polar surface area (TPSA) is 90.3 Å². The predicted octanol–water partition coefficient (Wildman–Crippen LogP) is 5.14. The van der Waals surface area contributed by atoms with E-state index in [0.717, 1.165) is 0 Å². The number of ether oxygens (including phenoxy) is 1. The van der Waals surface area contributed by atoms with E-state index >= 15 is 0 Å². The Hall–Kier alpha value is -2.65. The molecule has 32 heavy (non-hydrogen) atoms. The molecule has 0 spiro atoms. The smallest absolute Gasteiger partial charge is 0.408 e. The van der Waals surface area contributed by atoms with Crippen molar-refractivity contribution in [2.45, 2.75) is 65.1 Å². The van der Waals surface area contributed by atoms with Gasteiger partial charge in [0.15, 0.2) is 0 Å². The Balaban J connectivity index is 0.00000161. The van der Waals surface area contributed by atoms with Gasteiger partial charge in [-0.2, -0.15) is 9.59 Å². The van der Waals surface area contributed by atoms with Crippen molar-refractivity contribution in [3.05, 3.63) is 51.8 Å². The number of carbonyl (C=O) groups excluding carboxylic acids is 3. The lowest BCUT2D eigenvalue weighted by Crippen LogP contribution is -2.49. The number of halogens is 4. The van der Waals surface area contributed by atoms with E-state index in [1.807, 2.05) is 0 Å². The summed E-state index contributed by atoms with van der Waals surface area (Å²) < 4.78 is 48.4. The monoisotopic (exact) mass is 519 g/mol. The summed E-state index contributed by atoms with van der Waals surface area (Å²) in [5.41, 5.74) is -2.23. The number of nitrogens with one attached hydrogen (secondary N) is 1. The molecular weight excluding hydrogens is 495 g/mol. The summed E-state index contributed by atoms with van der Waals surface area (Å²) >= 11 is 3.31. The van der Waals surface area contributed by atoms with E-state index in [1.54, 1.807) is 40.7 Å². The Labute approximate surface area is 192 Å². The van der Waals surface area contributed by atoms with Crippen LogP contribution < -0.4 is 5.32 Å². The number of carbonyl (C=O) groups is 1. The third kappa shape index (κ3) is 7.80. The zero-order valence-corrected chi connectivity index (χ0v) is 19.9. The lowest BCUT2D eigenvalue weighted by Gasteiger charge is -2.33. The summed E-state index contributed by atoms with van der Waals surface area (Å²) in [6.07, 6.45) is -1.59. The molecule has 11 heteroatoms. The molecule has 2 rings (SSSR count). The van der Waals surface area contributed by atoms with Gasteiger partial charge in [0.25, 0.3) is 6.43 Å². The van der Waals surface area contributed by atoms with Crippen LogP contribution in [0.4, 0.5) is 18.0 Å². The van der Waals surface area contributed by atoms with Gasteiger partial charge < -0.3 is 14.6 Å². The average Bonchev–Trinajstić information content (AvgIpc) is 3.05. The molecule has 176 valence electrons. The van der Waals surface area contributed by atoms with Gasteiger partial charge in [-0.25, -0.2) is 22.9 Å². The van der Waals surface area contributed by atoms with E-state index in [-0.39, 0.29) is 24.0 Å². The largest absolute Gasteiger partial charge is 0.444 e. The molecule has 0 aliphatic rings. The van der Waals surface area contributed by atoms with Gasteiger partial charge in [-0.1, -0.05) is 22.9 Å². The molecule has 1 N–H and O–H groups in total. The van der Waals surface area contributed by atoms with Crippen molar-refractivity contribution in [2.24, 2.45) is 0 Å². The van der Waals surface area contributed by atoms with Crippen molar-refractivity contribution in [1.29, 1.82) is 0 Å². The minimum absolute atomic E-state index is 0.0114. The Morgan fingerprint density at radius 3 is 2.38 bits per heavy atom. The molecule has 0 aliphatic carbocycles. The van der Waals surface area contributed by atoms with Crippen molar-refractivity contribution in [1.82, 2.24) is 14.9 Å². The number of imidazole rings is 1. The summed E-state index contributed by atoms with van der Waals surface area (Å²) in [6, 6.07) is 4.35. The van der Waals surface area contributed by atoms with Gasteiger partial charge in [0, 0.05) is 22.7 Å². The van der Waals surface area contributed by atoms with Crippen molar-refractivity contribution >= 4 is 28.2 Å². The van der Waals surface area contributed by atoms with Crippen LogP contribution in [0.15, 0.2) is 28.9 Å². The first-order chi connectivity index (χ1) is 14.8. The van der Waals surface area contributed by atoms with Crippen LogP contribution in [0.1, 0.15) is 58.1 Å². The van der Waals surface area contributed by atoms with E-state index in [9.17, 15) is 18.0 Å². The third-order valence-corrected chi connectivity index (χ3v) is 4.70. The molecule has 1 aromatic heterocycles. The fourth-order valence-electron chi connectivity index (χ4n) is 2.98. The molecule has 0 saturated heterocycles. The van der Waals surface area contributed by atoms with Crippen molar-refractivity contribution in [3.8, 4) is 0 Å². The molecule has 1 heterocycles. The van der Waals surface area contributed by atoms with Crippen LogP contribution in [-0.4, -0.2) is 27.4 Å². The highest BCUT2D eigenvalue weighted by atomic mass is 79.9. The zero-order valence-electron chi connectivity index (χ0n) is 18.3. The highest BCUT2D eigenvalue weighted by Crippen LogP contribution is 2.30. The molecule has 0 radical (unpaired) electrons.